The highest BCUT2D eigenvalue weighted by atomic mass is 32.1. The highest BCUT2D eigenvalue weighted by Crippen LogP contribution is 2.18. The molecule has 0 aliphatic rings. The number of nitrogens with one attached hydrogen (secondary N) is 1. The number of benzene rings is 1. The van der Waals surface area contributed by atoms with Crippen LogP contribution in [0.2, 0.25) is 0 Å². The number of hydrogen-bond acceptors (Lipinski definition) is 4. The lowest BCUT2D eigenvalue weighted by Crippen LogP contribution is -2.22. The molecule has 0 saturated heterocycles. The number of phenols is 1. The molecule has 1 aromatic carbocycles. The molecular weight excluding hydrogens is 284 g/mol. The molecule has 21 heavy (non-hydrogen) atoms. The Morgan fingerprint density at radius 2 is 2.19 bits per heavy atom. The third-order valence-electron chi connectivity index (χ3n) is 2.86. The van der Waals surface area contributed by atoms with E-state index < -0.39 is 0 Å². The molecule has 0 atom stereocenters. The van der Waals surface area contributed by atoms with Crippen molar-refractivity contribution in [1.29, 1.82) is 0 Å². The van der Waals surface area contributed by atoms with Crippen molar-refractivity contribution in [3.63, 3.8) is 0 Å². The van der Waals surface area contributed by atoms with Crippen LogP contribution >= 0.6 is 11.3 Å². The van der Waals surface area contributed by atoms with Gasteiger partial charge in [0, 0.05) is 10.4 Å². The van der Waals surface area contributed by atoms with Gasteiger partial charge in [0.1, 0.15) is 5.75 Å². The van der Waals surface area contributed by atoms with Crippen LogP contribution in [0.3, 0.4) is 0 Å². The average Bonchev–Trinajstić information content (AvgIpc) is 2.93. The Bertz CT molecular complexity index is 711. The number of thiophene rings is 1. The third kappa shape index (κ3) is 4.09. The van der Waals surface area contributed by atoms with Crippen LogP contribution < -0.4 is 11.1 Å². The minimum absolute atomic E-state index is 0.166. The molecule has 2 aromatic rings. The minimum Gasteiger partial charge on any atom is -0.508 e. The number of carbonyl (C=O) groups is 1. The summed E-state index contributed by atoms with van der Waals surface area (Å²) in [6, 6.07) is 8.64. The zero-order valence-corrected chi connectivity index (χ0v) is 12.5. The van der Waals surface area contributed by atoms with Gasteiger partial charge in [-0.2, -0.15) is 0 Å². The molecule has 5 heteroatoms. The number of aromatic hydroxyl groups is 1. The summed E-state index contributed by atoms with van der Waals surface area (Å²) < 4.78 is 0. The van der Waals surface area contributed by atoms with E-state index in [2.05, 4.69) is 17.2 Å². The Balaban J connectivity index is 1.97. The first kappa shape index (κ1) is 15.1. The number of nitrogens with two attached hydrogens (primary N) is 1. The fourth-order valence-corrected chi connectivity index (χ4v) is 2.57. The summed E-state index contributed by atoms with van der Waals surface area (Å²) in [5, 5.41) is 12.3. The van der Waals surface area contributed by atoms with Crippen LogP contribution in [-0.4, -0.2) is 17.6 Å². The molecule has 4 N–H and O–H groups in total. The van der Waals surface area contributed by atoms with E-state index in [-0.39, 0.29) is 11.7 Å². The van der Waals surface area contributed by atoms with Gasteiger partial charge in [0.05, 0.1) is 18.0 Å². The maximum Gasteiger partial charge on any atom is 0.251 e. The number of amides is 1. The number of phenolic OH excluding ortho intramolecular Hbond substituents is 1. The Morgan fingerprint density at radius 3 is 2.90 bits per heavy atom. The molecule has 0 radical (unpaired) electrons. The zero-order chi connectivity index (χ0) is 15.2. The predicted octanol–water partition coefficient (Wildman–Crippen LogP) is 2.00. The van der Waals surface area contributed by atoms with E-state index in [1.807, 2.05) is 12.1 Å². The first-order valence-corrected chi connectivity index (χ1v) is 7.27. The molecule has 0 aliphatic carbocycles. The second-order valence-electron chi connectivity index (χ2n) is 4.46. The van der Waals surface area contributed by atoms with Gasteiger partial charge in [-0.05, 0) is 42.8 Å². The predicted molar refractivity (Wildman–Crippen MR) is 84.3 cm³/mol. The summed E-state index contributed by atoms with van der Waals surface area (Å²) in [5.41, 5.74) is 6.54. The minimum atomic E-state index is -0.166. The quantitative estimate of drug-likeness (QED) is 0.759. The zero-order valence-electron chi connectivity index (χ0n) is 11.6. The van der Waals surface area contributed by atoms with Gasteiger partial charge in [-0.15, -0.1) is 11.3 Å². The maximum atomic E-state index is 12.0. The highest BCUT2D eigenvalue weighted by molar-refractivity contribution is 7.12. The first-order chi connectivity index (χ1) is 10.1. The van der Waals surface area contributed by atoms with E-state index in [9.17, 15) is 9.90 Å². The maximum absolute atomic E-state index is 12.0. The van der Waals surface area contributed by atoms with Gasteiger partial charge in [0.15, 0.2) is 0 Å². The number of rotatable bonds is 3. The summed E-state index contributed by atoms with van der Waals surface area (Å²) in [5.74, 6) is 5.78. The lowest BCUT2D eigenvalue weighted by Gasteiger charge is -2.05. The van der Waals surface area contributed by atoms with Crippen molar-refractivity contribution in [1.82, 2.24) is 5.32 Å². The molecule has 0 fully saturated rings. The molecule has 0 saturated carbocycles. The number of hydrogen-bond donors (Lipinski definition) is 3. The fraction of sp³-hybridized carbons (Fsp3) is 0.188. The van der Waals surface area contributed by atoms with Crippen molar-refractivity contribution in [3.05, 3.63) is 51.2 Å². The van der Waals surface area contributed by atoms with Crippen LogP contribution in [0.25, 0.3) is 0 Å². The second-order valence-corrected chi connectivity index (χ2v) is 5.62. The van der Waals surface area contributed by atoms with Crippen LogP contribution in [0.1, 0.15) is 25.7 Å². The summed E-state index contributed by atoms with van der Waals surface area (Å²) in [4.78, 5) is 14.0. The van der Waals surface area contributed by atoms with Gasteiger partial charge in [-0.3, -0.25) is 4.79 Å². The van der Waals surface area contributed by atoms with Crippen LogP contribution in [0.4, 0.5) is 0 Å². The van der Waals surface area contributed by atoms with Crippen LogP contribution in [0.5, 0.6) is 5.75 Å². The van der Waals surface area contributed by atoms with Crippen molar-refractivity contribution in [2.24, 2.45) is 5.73 Å². The van der Waals surface area contributed by atoms with E-state index in [0.717, 1.165) is 9.75 Å². The summed E-state index contributed by atoms with van der Waals surface area (Å²) in [6.07, 6.45) is 0. The monoisotopic (exact) mass is 300 g/mol. The van der Waals surface area contributed by atoms with E-state index in [1.54, 1.807) is 19.1 Å². The fourth-order valence-electron chi connectivity index (χ4n) is 1.74. The Labute approximate surface area is 127 Å². The molecule has 108 valence electrons. The van der Waals surface area contributed by atoms with Gasteiger partial charge in [0.25, 0.3) is 5.91 Å². The largest absolute Gasteiger partial charge is 0.508 e. The molecule has 1 heterocycles. The van der Waals surface area contributed by atoms with Crippen molar-refractivity contribution in [3.8, 4) is 17.6 Å². The standard InChI is InChI=1S/C16H16N2O2S/c1-11-9-12(4-7-15(11)19)16(20)18-10-14-6-5-13(21-14)3-2-8-17/h4-7,9,19H,8,10,17H2,1H3,(H,18,20). The molecule has 0 bridgehead atoms. The molecule has 0 aliphatic heterocycles. The normalized spacial score (nSPS) is 9.81. The summed E-state index contributed by atoms with van der Waals surface area (Å²) in [6.45, 7) is 2.55. The van der Waals surface area contributed by atoms with Crippen molar-refractivity contribution in [2.75, 3.05) is 6.54 Å². The molecular formula is C16H16N2O2S. The van der Waals surface area contributed by atoms with Crippen LogP contribution in [0.15, 0.2) is 30.3 Å². The topological polar surface area (TPSA) is 75.4 Å². The summed E-state index contributed by atoms with van der Waals surface area (Å²) in [7, 11) is 0. The van der Waals surface area contributed by atoms with Crippen LogP contribution in [0, 0.1) is 18.8 Å². The Morgan fingerprint density at radius 1 is 1.38 bits per heavy atom. The SMILES string of the molecule is Cc1cc(C(=O)NCc2ccc(C#CCN)s2)ccc1O. The Kier molecular flexibility index (Phi) is 4.99. The third-order valence-corrected chi connectivity index (χ3v) is 3.86. The highest BCUT2D eigenvalue weighted by Gasteiger charge is 2.07. The second kappa shape index (κ2) is 6.93. The van der Waals surface area contributed by atoms with E-state index in [0.29, 0.717) is 24.2 Å². The van der Waals surface area contributed by atoms with Gasteiger partial charge in [-0.25, -0.2) is 0 Å². The van der Waals surface area contributed by atoms with Crippen molar-refractivity contribution >= 4 is 17.2 Å². The van der Waals surface area contributed by atoms with Gasteiger partial charge in [0.2, 0.25) is 0 Å². The average molecular weight is 300 g/mol. The molecule has 1 aromatic heterocycles. The lowest BCUT2D eigenvalue weighted by molar-refractivity contribution is 0.0951. The Hall–Kier alpha value is -2.29. The molecule has 0 unspecified atom stereocenters. The number of carbonyl (C=O) groups excluding carboxylic acids is 1. The summed E-state index contributed by atoms with van der Waals surface area (Å²) >= 11 is 1.53. The van der Waals surface area contributed by atoms with Crippen molar-refractivity contribution < 1.29 is 9.90 Å². The van der Waals surface area contributed by atoms with Gasteiger partial charge in [-0.1, -0.05) is 11.8 Å². The van der Waals surface area contributed by atoms with Crippen molar-refractivity contribution in [2.45, 2.75) is 13.5 Å². The lowest BCUT2D eigenvalue weighted by atomic mass is 10.1. The van der Waals surface area contributed by atoms with Crippen LogP contribution in [-0.2, 0) is 6.54 Å². The van der Waals surface area contributed by atoms with E-state index in [1.165, 1.54) is 17.4 Å². The molecule has 0 spiro atoms. The van der Waals surface area contributed by atoms with Gasteiger partial charge >= 0.3 is 0 Å². The smallest absolute Gasteiger partial charge is 0.251 e. The molecule has 2 rings (SSSR count). The van der Waals surface area contributed by atoms with Gasteiger partial charge < -0.3 is 16.2 Å². The van der Waals surface area contributed by atoms with E-state index in [4.69, 9.17) is 5.73 Å². The molecule has 1 amide bonds. The first-order valence-electron chi connectivity index (χ1n) is 6.45. The van der Waals surface area contributed by atoms with E-state index >= 15 is 0 Å². The number of aryl methyl sites for hydroxylation is 1. The molecule has 4 nitrogen and oxygen atoms in total.